The lowest BCUT2D eigenvalue weighted by molar-refractivity contribution is 0.0365. The molecule has 1 saturated heterocycles. The highest BCUT2D eigenvalue weighted by atomic mass is 16.5. The number of carbonyl (C=O) groups excluding carboxylic acids is 1. The Morgan fingerprint density at radius 1 is 1.11 bits per heavy atom. The molecule has 4 aromatic rings. The highest BCUT2D eigenvalue weighted by Crippen LogP contribution is 2.24. The molecule has 0 spiro atoms. The monoisotopic (exact) mass is 477 g/mol. The topological polar surface area (TPSA) is 109 Å². The van der Waals surface area contributed by atoms with Crippen LogP contribution in [0.1, 0.15) is 22.8 Å². The molecule has 0 bridgehead atoms. The van der Waals surface area contributed by atoms with Gasteiger partial charge in [0.2, 0.25) is 5.88 Å². The summed E-state index contributed by atoms with van der Waals surface area (Å²) in [6, 6.07) is 9.88. The van der Waals surface area contributed by atoms with Crippen molar-refractivity contribution in [1.29, 1.82) is 0 Å². The second-order valence-electron chi connectivity index (χ2n) is 8.06. The first-order valence-corrected chi connectivity index (χ1v) is 11.6. The molecule has 0 amide bonds. The van der Waals surface area contributed by atoms with Crippen LogP contribution in [-0.4, -0.2) is 79.6 Å². The number of hydrogen-bond acceptors (Lipinski definition) is 9. The first-order valence-electron chi connectivity index (χ1n) is 11.6. The van der Waals surface area contributed by atoms with Gasteiger partial charge in [0.15, 0.2) is 11.2 Å². The number of carbonyl (C=O) groups is 1. The van der Waals surface area contributed by atoms with E-state index in [4.69, 9.17) is 14.2 Å². The van der Waals surface area contributed by atoms with Crippen LogP contribution in [0.3, 0.4) is 0 Å². The molecule has 1 aliphatic heterocycles. The summed E-state index contributed by atoms with van der Waals surface area (Å²) >= 11 is 0. The number of benzene rings is 1. The molecule has 11 nitrogen and oxygen atoms in total. The van der Waals surface area contributed by atoms with Crippen LogP contribution in [0.25, 0.3) is 17.1 Å². The zero-order chi connectivity index (χ0) is 24.0. The largest absolute Gasteiger partial charge is 0.471 e. The maximum atomic E-state index is 12.1. The van der Waals surface area contributed by atoms with Gasteiger partial charge < -0.3 is 18.8 Å². The van der Waals surface area contributed by atoms with E-state index in [-0.39, 0.29) is 12.6 Å². The van der Waals surface area contributed by atoms with Gasteiger partial charge in [0.25, 0.3) is 5.95 Å². The van der Waals surface area contributed by atoms with Crippen LogP contribution in [0.5, 0.6) is 5.88 Å². The summed E-state index contributed by atoms with van der Waals surface area (Å²) in [5.41, 5.74) is 2.55. The van der Waals surface area contributed by atoms with Crippen LogP contribution in [0, 0.1) is 0 Å². The van der Waals surface area contributed by atoms with Crippen molar-refractivity contribution in [3.63, 3.8) is 0 Å². The zero-order valence-corrected chi connectivity index (χ0v) is 19.5. The SMILES string of the molecule is CCOC(=O)c1cnn(-c2nc(OCc3ccccc3)c3c(ncn3CCN3CCOCC3)n2)c1. The molecule has 1 fully saturated rings. The Hall–Kier alpha value is -3.83. The highest BCUT2D eigenvalue weighted by molar-refractivity contribution is 5.88. The minimum atomic E-state index is -0.451. The van der Waals surface area contributed by atoms with Gasteiger partial charge in [-0.1, -0.05) is 30.3 Å². The molecule has 0 radical (unpaired) electrons. The normalized spacial score (nSPS) is 14.3. The molecular formula is C24H27N7O4. The molecule has 35 heavy (non-hydrogen) atoms. The third-order valence-corrected chi connectivity index (χ3v) is 5.71. The molecule has 0 atom stereocenters. The standard InChI is InChI=1S/C24H27N7O4/c1-2-34-23(32)19-14-26-31(15-19)24-27-21-20(22(28-24)35-16-18-6-4-3-5-7-18)30(17-25-21)9-8-29-10-12-33-13-11-29/h3-7,14-15,17H,2,8-13,16H2,1H3. The van der Waals surface area contributed by atoms with Gasteiger partial charge in [0.1, 0.15) is 6.61 Å². The predicted molar refractivity (Wildman–Crippen MR) is 126 cm³/mol. The fourth-order valence-corrected chi connectivity index (χ4v) is 3.86. The minimum absolute atomic E-state index is 0.259. The maximum Gasteiger partial charge on any atom is 0.341 e. The van der Waals surface area contributed by atoms with Crippen molar-refractivity contribution in [3.05, 3.63) is 60.2 Å². The van der Waals surface area contributed by atoms with Gasteiger partial charge in [-0.3, -0.25) is 4.90 Å². The zero-order valence-electron chi connectivity index (χ0n) is 19.5. The second kappa shape index (κ2) is 10.6. The Labute approximate surface area is 202 Å². The molecule has 11 heteroatoms. The van der Waals surface area contributed by atoms with Crippen LogP contribution < -0.4 is 4.74 Å². The van der Waals surface area contributed by atoms with E-state index in [0.29, 0.717) is 23.7 Å². The van der Waals surface area contributed by atoms with Crippen LogP contribution >= 0.6 is 0 Å². The number of imidazole rings is 1. The summed E-state index contributed by atoms with van der Waals surface area (Å²) in [6.07, 6.45) is 4.72. The lowest BCUT2D eigenvalue weighted by atomic mass is 10.2. The van der Waals surface area contributed by atoms with Gasteiger partial charge in [-0.05, 0) is 12.5 Å². The van der Waals surface area contributed by atoms with Crippen molar-refractivity contribution in [2.24, 2.45) is 0 Å². The molecule has 182 valence electrons. The van der Waals surface area contributed by atoms with Crippen LogP contribution in [0.4, 0.5) is 0 Å². The van der Waals surface area contributed by atoms with Crippen molar-refractivity contribution in [2.75, 3.05) is 39.5 Å². The second-order valence-corrected chi connectivity index (χ2v) is 8.06. The van der Waals surface area contributed by atoms with Crippen LogP contribution in [-0.2, 0) is 22.6 Å². The van der Waals surface area contributed by atoms with E-state index in [1.807, 2.05) is 34.9 Å². The molecule has 1 aromatic carbocycles. The summed E-state index contributed by atoms with van der Waals surface area (Å²) in [5.74, 6) is 0.212. The Morgan fingerprint density at radius 3 is 2.74 bits per heavy atom. The fraction of sp³-hybridized carbons (Fsp3) is 0.375. The van der Waals surface area contributed by atoms with Gasteiger partial charge in [-0.2, -0.15) is 15.1 Å². The summed E-state index contributed by atoms with van der Waals surface area (Å²) in [6.45, 7) is 7.28. The molecule has 0 unspecified atom stereocenters. The van der Waals surface area contributed by atoms with Gasteiger partial charge in [-0.15, -0.1) is 0 Å². The number of rotatable bonds is 9. The van der Waals surface area contributed by atoms with E-state index < -0.39 is 5.97 Å². The lowest BCUT2D eigenvalue weighted by Gasteiger charge is -2.26. The average molecular weight is 478 g/mol. The highest BCUT2D eigenvalue weighted by Gasteiger charge is 2.19. The van der Waals surface area contributed by atoms with E-state index in [0.717, 1.165) is 50.5 Å². The Kier molecular flexibility index (Phi) is 6.96. The summed E-state index contributed by atoms with van der Waals surface area (Å²) in [4.78, 5) is 28.2. The van der Waals surface area contributed by atoms with E-state index in [9.17, 15) is 4.79 Å². The van der Waals surface area contributed by atoms with Crippen LogP contribution in [0.2, 0.25) is 0 Å². The van der Waals surface area contributed by atoms with Gasteiger partial charge in [-0.25, -0.2) is 14.5 Å². The molecule has 1 aliphatic rings. The molecule has 5 rings (SSSR count). The number of aromatic nitrogens is 6. The minimum Gasteiger partial charge on any atom is -0.471 e. The van der Waals surface area contributed by atoms with Crippen molar-refractivity contribution in [3.8, 4) is 11.8 Å². The number of esters is 1. The fourth-order valence-electron chi connectivity index (χ4n) is 3.86. The first kappa shape index (κ1) is 22.9. The smallest absolute Gasteiger partial charge is 0.341 e. The molecule has 0 N–H and O–H groups in total. The maximum absolute atomic E-state index is 12.1. The molecule has 0 aliphatic carbocycles. The van der Waals surface area contributed by atoms with Crippen molar-refractivity contribution in [2.45, 2.75) is 20.1 Å². The van der Waals surface area contributed by atoms with E-state index in [1.54, 1.807) is 13.3 Å². The summed E-state index contributed by atoms with van der Waals surface area (Å²) in [5, 5.41) is 4.24. The quantitative estimate of drug-likeness (QED) is 0.335. The molecular weight excluding hydrogens is 450 g/mol. The van der Waals surface area contributed by atoms with E-state index in [1.165, 1.54) is 17.1 Å². The number of nitrogens with zero attached hydrogens (tertiary/aromatic N) is 7. The Balaban J connectivity index is 1.45. The average Bonchev–Trinajstić information content (AvgIpc) is 3.55. The first-order chi connectivity index (χ1) is 17.2. The molecule has 0 saturated carbocycles. The Morgan fingerprint density at radius 2 is 1.94 bits per heavy atom. The Bertz CT molecular complexity index is 1280. The van der Waals surface area contributed by atoms with Gasteiger partial charge >= 0.3 is 5.97 Å². The predicted octanol–water partition coefficient (Wildman–Crippen LogP) is 2.10. The molecule has 4 heterocycles. The third-order valence-electron chi connectivity index (χ3n) is 5.71. The molecule has 3 aromatic heterocycles. The van der Waals surface area contributed by atoms with Gasteiger partial charge in [0.05, 0.1) is 37.9 Å². The van der Waals surface area contributed by atoms with E-state index in [2.05, 4.69) is 25.0 Å². The number of hydrogen-bond donors (Lipinski definition) is 0. The van der Waals surface area contributed by atoms with Crippen molar-refractivity contribution >= 4 is 17.1 Å². The number of fused-ring (bicyclic) bond motifs is 1. The third kappa shape index (κ3) is 5.31. The summed E-state index contributed by atoms with van der Waals surface area (Å²) in [7, 11) is 0. The van der Waals surface area contributed by atoms with E-state index >= 15 is 0 Å². The van der Waals surface area contributed by atoms with Gasteiger partial charge in [0, 0.05) is 32.4 Å². The number of morpholine rings is 1. The van der Waals surface area contributed by atoms with Crippen LogP contribution in [0.15, 0.2) is 49.1 Å². The van der Waals surface area contributed by atoms with Crippen molar-refractivity contribution in [1.82, 2.24) is 34.2 Å². The van der Waals surface area contributed by atoms with Crippen molar-refractivity contribution < 1.29 is 19.0 Å². The number of ether oxygens (including phenoxy) is 3. The summed E-state index contributed by atoms with van der Waals surface area (Å²) < 4.78 is 20.1. The lowest BCUT2D eigenvalue weighted by Crippen LogP contribution is -2.38.